The van der Waals surface area contributed by atoms with Crippen LogP contribution < -0.4 is 5.14 Å². The lowest BCUT2D eigenvalue weighted by Gasteiger charge is -2.64. The SMILES string of the molecule is CSS(C)(C)(C)(C)N. The van der Waals surface area contributed by atoms with E-state index in [4.69, 9.17) is 5.14 Å². The quantitative estimate of drug-likeness (QED) is 0.581. The van der Waals surface area contributed by atoms with Gasteiger partial charge in [0.1, 0.15) is 0 Å². The van der Waals surface area contributed by atoms with Crippen LogP contribution in [0.3, 0.4) is 0 Å². The Morgan fingerprint density at radius 3 is 1.25 bits per heavy atom. The number of hydrogen-bond acceptors (Lipinski definition) is 2. The second kappa shape index (κ2) is 1.22. The van der Waals surface area contributed by atoms with Crippen molar-refractivity contribution in [3.05, 3.63) is 0 Å². The molecule has 0 aromatic heterocycles. The first kappa shape index (κ1) is 8.66. The van der Waals surface area contributed by atoms with E-state index in [1.807, 2.05) is 0 Å². The smallest absolute Gasteiger partial charge is 0.00970 e. The first-order chi connectivity index (χ1) is 3.04. The molecule has 2 N–H and O–H groups in total. The van der Waals surface area contributed by atoms with Crippen molar-refractivity contribution in [3.8, 4) is 0 Å². The topological polar surface area (TPSA) is 26.0 Å². The summed E-state index contributed by atoms with van der Waals surface area (Å²) >= 11 is 0. The molecule has 0 saturated carbocycles. The van der Waals surface area contributed by atoms with Gasteiger partial charge in [-0.15, -0.1) is 10.8 Å². The second-order valence-electron chi connectivity index (χ2n) is 4.32. The molecule has 0 bridgehead atoms. The summed E-state index contributed by atoms with van der Waals surface area (Å²) in [6.45, 7) is 0. The average molecular weight is 155 g/mol. The van der Waals surface area contributed by atoms with Gasteiger partial charge in [-0.05, 0) is 31.3 Å². The van der Waals surface area contributed by atoms with Crippen molar-refractivity contribution in [2.45, 2.75) is 0 Å². The fourth-order valence-corrected chi connectivity index (χ4v) is 0. The van der Waals surface area contributed by atoms with E-state index in [9.17, 15) is 0 Å². The Hall–Kier alpha value is 0.660. The van der Waals surface area contributed by atoms with E-state index in [1.54, 1.807) is 10.8 Å². The zero-order chi connectivity index (χ0) is 7.12. The first-order valence-corrected chi connectivity index (χ1v) is 8.33. The number of nitrogens with two attached hydrogens (primary N) is 1. The van der Waals surface area contributed by atoms with Gasteiger partial charge in [-0.2, -0.15) is 0 Å². The van der Waals surface area contributed by atoms with Crippen molar-refractivity contribution in [1.82, 2.24) is 0 Å². The summed E-state index contributed by atoms with van der Waals surface area (Å²) in [4.78, 5) is 0. The highest BCUT2D eigenvalue weighted by Gasteiger charge is 2.34. The van der Waals surface area contributed by atoms with Gasteiger partial charge in [0.05, 0.1) is 0 Å². The first-order valence-electron chi connectivity index (χ1n) is 2.44. The van der Waals surface area contributed by atoms with E-state index in [1.165, 1.54) is 0 Å². The molecule has 0 rings (SSSR count). The third-order valence-corrected chi connectivity index (χ3v) is 6.87. The van der Waals surface area contributed by atoms with Crippen molar-refractivity contribution in [1.29, 1.82) is 0 Å². The van der Waals surface area contributed by atoms with Crippen LogP contribution in [0.25, 0.3) is 0 Å². The average Bonchev–Trinajstić information content (AvgIpc) is 1.30. The Labute approximate surface area is 55.2 Å². The summed E-state index contributed by atoms with van der Waals surface area (Å²) in [5, 5.41) is 6.10. The molecule has 0 aliphatic rings. The Balaban J connectivity index is 4.50. The van der Waals surface area contributed by atoms with E-state index < -0.39 is 7.51 Å². The molecule has 0 radical (unpaired) electrons. The molecule has 0 atom stereocenters. The van der Waals surface area contributed by atoms with Gasteiger partial charge in [0.2, 0.25) is 0 Å². The molecule has 0 amide bonds. The minimum absolute atomic E-state index is 1.78. The maximum atomic E-state index is 6.10. The molecule has 0 aliphatic heterocycles. The largest absolute Gasteiger partial charge is 0.301 e. The molecule has 0 aromatic rings. The third-order valence-electron chi connectivity index (χ3n) is 0.763. The highest BCUT2D eigenvalue weighted by molar-refractivity contribution is 9.11. The van der Waals surface area contributed by atoms with Gasteiger partial charge < -0.3 is 5.14 Å². The predicted molar refractivity (Wildman–Crippen MR) is 49.0 cm³/mol. The van der Waals surface area contributed by atoms with Gasteiger partial charge in [-0.25, -0.2) is 7.51 Å². The molecule has 0 spiro atoms. The second-order valence-corrected chi connectivity index (χ2v) is 18.5. The Morgan fingerprint density at radius 2 is 1.25 bits per heavy atom. The van der Waals surface area contributed by atoms with Crippen LogP contribution in [-0.4, -0.2) is 31.3 Å². The highest BCUT2D eigenvalue weighted by atomic mass is 33.2. The normalized spacial score (nSPS) is 21.8. The zero-order valence-corrected chi connectivity index (χ0v) is 8.03. The van der Waals surface area contributed by atoms with Gasteiger partial charge in [0.25, 0.3) is 0 Å². The summed E-state index contributed by atoms with van der Waals surface area (Å²) in [5.41, 5.74) is 0. The van der Waals surface area contributed by atoms with E-state index >= 15 is 0 Å². The van der Waals surface area contributed by atoms with Crippen LogP contribution in [0, 0.1) is 0 Å². The molecule has 3 heteroatoms. The molecule has 8 heavy (non-hydrogen) atoms. The van der Waals surface area contributed by atoms with E-state index in [0.717, 1.165) is 0 Å². The summed E-state index contributed by atoms with van der Waals surface area (Å²) in [7, 11) is -0.302. The molecule has 0 heterocycles. The predicted octanol–water partition coefficient (Wildman–Crippen LogP) is 1.53. The van der Waals surface area contributed by atoms with E-state index in [2.05, 4.69) is 31.3 Å². The van der Waals surface area contributed by atoms with Crippen molar-refractivity contribution in [2.24, 2.45) is 5.14 Å². The third kappa shape index (κ3) is 6.66. The van der Waals surface area contributed by atoms with Gasteiger partial charge >= 0.3 is 0 Å². The molecule has 0 aromatic carbocycles. The summed E-state index contributed by atoms with van der Waals surface area (Å²) in [6, 6.07) is 0. The van der Waals surface area contributed by atoms with Crippen LogP contribution in [0.4, 0.5) is 0 Å². The molecular weight excluding hydrogens is 138 g/mol. The minimum Gasteiger partial charge on any atom is -0.301 e. The summed E-state index contributed by atoms with van der Waals surface area (Å²) < 4.78 is 0. The number of rotatable bonds is 1. The molecule has 0 fully saturated rings. The molecule has 54 valence electrons. The molecule has 0 unspecified atom stereocenters. The van der Waals surface area contributed by atoms with Crippen molar-refractivity contribution in [3.63, 3.8) is 0 Å². The van der Waals surface area contributed by atoms with Crippen LogP contribution >= 0.6 is 18.3 Å². The van der Waals surface area contributed by atoms with Gasteiger partial charge in [0, 0.05) is 0 Å². The summed E-state index contributed by atoms with van der Waals surface area (Å²) in [5.74, 6) is 0. The maximum absolute atomic E-state index is 6.10. The monoisotopic (exact) mass is 155 g/mol. The summed E-state index contributed by atoms with van der Waals surface area (Å²) in [6.07, 6.45) is 10.6. The highest BCUT2D eigenvalue weighted by Crippen LogP contribution is 2.80. The van der Waals surface area contributed by atoms with Crippen LogP contribution in [0.15, 0.2) is 0 Å². The van der Waals surface area contributed by atoms with Crippen molar-refractivity contribution >= 4 is 18.3 Å². The molecule has 0 saturated heterocycles. The van der Waals surface area contributed by atoms with Crippen molar-refractivity contribution < 1.29 is 0 Å². The van der Waals surface area contributed by atoms with E-state index in [0.29, 0.717) is 0 Å². The Morgan fingerprint density at radius 1 is 1.12 bits per heavy atom. The molecule has 0 aliphatic carbocycles. The lowest BCUT2D eigenvalue weighted by molar-refractivity contribution is 1.72. The van der Waals surface area contributed by atoms with Crippen LogP contribution in [0.1, 0.15) is 0 Å². The molecular formula is C5H17NS2. The lowest BCUT2D eigenvalue weighted by atomic mass is 11.8. The fourth-order valence-electron chi connectivity index (χ4n) is 0. The zero-order valence-electron chi connectivity index (χ0n) is 6.39. The van der Waals surface area contributed by atoms with Gasteiger partial charge in [-0.3, -0.25) is 0 Å². The Bertz CT molecular complexity index is 93.6. The molecule has 1 nitrogen and oxygen atoms in total. The van der Waals surface area contributed by atoms with Crippen LogP contribution in [0.5, 0.6) is 0 Å². The minimum atomic E-state index is -2.08. The van der Waals surface area contributed by atoms with Gasteiger partial charge in [-0.1, -0.05) is 0 Å². The standard InChI is InChI=1S/C5H17NS2/c1-7-8(2,3,4,5)6/h6H2,1-5H3. The van der Waals surface area contributed by atoms with E-state index in [-0.39, 0.29) is 0 Å². The van der Waals surface area contributed by atoms with Crippen molar-refractivity contribution in [2.75, 3.05) is 31.3 Å². The van der Waals surface area contributed by atoms with Gasteiger partial charge in [0.15, 0.2) is 0 Å². The fraction of sp³-hybridized carbons (Fsp3) is 1.00. The number of hydrogen-bond donors (Lipinski definition) is 1. The van der Waals surface area contributed by atoms with Crippen LogP contribution in [-0.2, 0) is 0 Å². The van der Waals surface area contributed by atoms with Crippen LogP contribution in [0.2, 0.25) is 0 Å². The Kier molecular flexibility index (Phi) is 1.33. The maximum Gasteiger partial charge on any atom is -0.00970 e. The lowest BCUT2D eigenvalue weighted by Crippen LogP contribution is -2.35.